The van der Waals surface area contributed by atoms with E-state index in [1.807, 2.05) is 0 Å². The third-order valence-corrected chi connectivity index (χ3v) is 4.37. The molecule has 1 aliphatic carbocycles. The molecule has 3 atom stereocenters. The van der Waals surface area contributed by atoms with Gasteiger partial charge in [-0.1, -0.05) is 24.1 Å². The molecule has 2 aliphatic rings. The smallest absolute Gasteiger partial charge is 0.124 e. The van der Waals surface area contributed by atoms with Crippen LogP contribution in [-0.2, 0) is 4.74 Å². The normalized spacial score (nSPS) is 32.0. The zero-order chi connectivity index (χ0) is 12.5. The van der Waals surface area contributed by atoms with Gasteiger partial charge in [0, 0.05) is 23.2 Å². The van der Waals surface area contributed by atoms with Crippen LogP contribution >= 0.6 is 11.6 Å². The van der Waals surface area contributed by atoms with Crippen molar-refractivity contribution in [3.63, 3.8) is 0 Å². The van der Waals surface area contributed by atoms with Gasteiger partial charge in [0.2, 0.25) is 0 Å². The summed E-state index contributed by atoms with van der Waals surface area (Å²) in [6.45, 7) is 1.53. The molecule has 0 bridgehead atoms. The van der Waals surface area contributed by atoms with Gasteiger partial charge in [0.1, 0.15) is 5.82 Å². The van der Waals surface area contributed by atoms with E-state index < -0.39 is 0 Å². The second-order valence-corrected chi connectivity index (χ2v) is 5.60. The fourth-order valence-corrected chi connectivity index (χ4v) is 3.31. The SMILES string of the molecule is Fc1ccc(C2CNC3CCCC3CO2)c(Cl)c1. The van der Waals surface area contributed by atoms with Gasteiger partial charge in [0.15, 0.2) is 0 Å². The lowest BCUT2D eigenvalue weighted by Gasteiger charge is -2.17. The van der Waals surface area contributed by atoms with E-state index in [-0.39, 0.29) is 11.9 Å². The largest absolute Gasteiger partial charge is 0.372 e. The molecule has 0 amide bonds. The first-order valence-electron chi connectivity index (χ1n) is 6.54. The minimum atomic E-state index is -0.304. The highest BCUT2D eigenvalue weighted by Gasteiger charge is 2.32. The van der Waals surface area contributed by atoms with Crippen molar-refractivity contribution >= 4 is 11.6 Å². The first-order valence-corrected chi connectivity index (χ1v) is 6.92. The molecule has 1 N–H and O–H groups in total. The van der Waals surface area contributed by atoms with E-state index in [1.165, 1.54) is 31.4 Å². The topological polar surface area (TPSA) is 21.3 Å². The van der Waals surface area contributed by atoms with E-state index in [4.69, 9.17) is 16.3 Å². The molecular formula is C14H17ClFNO. The second-order valence-electron chi connectivity index (χ2n) is 5.19. The monoisotopic (exact) mass is 269 g/mol. The molecule has 0 radical (unpaired) electrons. The van der Waals surface area contributed by atoms with Crippen LogP contribution in [0, 0.1) is 11.7 Å². The molecule has 2 fully saturated rings. The van der Waals surface area contributed by atoms with E-state index in [9.17, 15) is 4.39 Å². The summed E-state index contributed by atoms with van der Waals surface area (Å²) in [4.78, 5) is 0. The molecule has 3 unspecified atom stereocenters. The molecule has 2 nitrogen and oxygen atoms in total. The van der Waals surface area contributed by atoms with Gasteiger partial charge < -0.3 is 10.1 Å². The Hall–Kier alpha value is -0.640. The highest BCUT2D eigenvalue weighted by Crippen LogP contribution is 2.33. The van der Waals surface area contributed by atoms with E-state index in [1.54, 1.807) is 6.07 Å². The van der Waals surface area contributed by atoms with Crippen LogP contribution in [0.15, 0.2) is 18.2 Å². The summed E-state index contributed by atoms with van der Waals surface area (Å²) in [5.41, 5.74) is 0.880. The Kier molecular flexibility index (Phi) is 3.55. The van der Waals surface area contributed by atoms with Gasteiger partial charge in [-0.25, -0.2) is 4.39 Å². The van der Waals surface area contributed by atoms with Gasteiger partial charge in [-0.15, -0.1) is 0 Å². The number of benzene rings is 1. The van der Waals surface area contributed by atoms with E-state index in [0.717, 1.165) is 18.7 Å². The molecule has 1 aromatic rings. The van der Waals surface area contributed by atoms with E-state index in [0.29, 0.717) is 17.0 Å². The first-order chi connectivity index (χ1) is 8.74. The number of ether oxygens (including phenoxy) is 1. The molecule has 1 aromatic carbocycles. The van der Waals surface area contributed by atoms with Crippen LogP contribution in [0.3, 0.4) is 0 Å². The van der Waals surface area contributed by atoms with Gasteiger partial charge in [0.05, 0.1) is 12.7 Å². The quantitative estimate of drug-likeness (QED) is 0.845. The fraction of sp³-hybridized carbons (Fsp3) is 0.571. The number of halogens is 2. The van der Waals surface area contributed by atoms with Crippen molar-refractivity contribution in [3.8, 4) is 0 Å². The Morgan fingerprint density at radius 2 is 2.22 bits per heavy atom. The summed E-state index contributed by atoms with van der Waals surface area (Å²) in [7, 11) is 0. The molecule has 0 aromatic heterocycles. The van der Waals surface area contributed by atoms with E-state index >= 15 is 0 Å². The zero-order valence-electron chi connectivity index (χ0n) is 10.2. The minimum Gasteiger partial charge on any atom is -0.372 e. The number of nitrogens with one attached hydrogen (secondary N) is 1. The third kappa shape index (κ3) is 2.40. The molecule has 0 spiro atoms. The maximum absolute atomic E-state index is 13.0. The second kappa shape index (κ2) is 5.16. The van der Waals surface area contributed by atoms with Crippen LogP contribution in [0.4, 0.5) is 4.39 Å². The molecule has 1 saturated heterocycles. The molecule has 1 aliphatic heterocycles. The Morgan fingerprint density at radius 1 is 1.33 bits per heavy atom. The summed E-state index contributed by atoms with van der Waals surface area (Å²) in [5, 5.41) is 4.01. The fourth-order valence-electron chi connectivity index (χ4n) is 3.02. The van der Waals surface area contributed by atoms with Crippen molar-refractivity contribution < 1.29 is 9.13 Å². The maximum Gasteiger partial charge on any atom is 0.124 e. The van der Waals surface area contributed by atoms with Crippen molar-refractivity contribution in [1.82, 2.24) is 5.32 Å². The Bertz CT molecular complexity index is 426. The van der Waals surface area contributed by atoms with Crippen LogP contribution in [0.2, 0.25) is 5.02 Å². The zero-order valence-corrected chi connectivity index (χ0v) is 10.9. The molecule has 98 valence electrons. The number of rotatable bonds is 1. The highest BCUT2D eigenvalue weighted by atomic mass is 35.5. The van der Waals surface area contributed by atoms with Crippen LogP contribution in [0.1, 0.15) is 30.9 Å². The summed E-state index contributed by atoms with van der Waals surface area (Å²) in [6.07, 6.45) is 3.69. The van der Waals surface area contributed by atoms with Crippen molar-refractivity contribution in [3.05, 3.63) is 34.6 Å². The predicted molar refractivity (Wildman–Crippen MR) is 69.2 cm³/mol. The van der Waals surface area contributed by atoms with Crippen molar-refractivity contribution in [2.45, 2.75) is 31.4 Å². The van der Waals surface area contributed by atoms with Gasteiger partial charge >= 0.3 is 0 Å². The number of hydrogen-bond acceptors (Lipinski definition) is 2. The first kappa shape index (κ1) is 12.4. The average Bonchev–Trinajstić information content (AvgIpc) is 2.70. The molecule has 3 rings (SSSR count). The van der Waals surface area contributed by atoms with Crippen molar-refractivity contribution in [2.24, 2.45) is 5.92 Å². The molecule has 18 heavy (non-hydrogen) atoms. The van der Waals surface area contributed by atoms with Crippen molar-refractivity contribution in [2.75, 3.05) is 13.2 Å². The lowest BCUT2D eigenvalue weighted by molar-refractivity contribution is 0.0474. The van der Waals surface area contributed by atoms with Crippen LogP contribution in [0.5, 0.6) is 0 Å². The van der Waals surface area contributed by atoms with Gasteiger partial charge in [-0.2, -0.15) is 0 Å². The molecule has 4 heteroatoms. The summed E-state index contributed by atoms with van der Waals surface area (Å²) in [6, 6.07) is 5.10. The van der Waals surface area contributed by atoms with Gasteiger partial charge in [0.25, 0.3) is 0 Å². The maximum atomic E-state index is 13.0. The molecule has 1 saturated carbocycles. The lowest BCUT2D eigenvalue weighted by atomic mass is 10.1. The third-order valence-electron chi connectivity index (χ3n) is 4.05. The number of hydrogen-bond donors (Lipinski definition) is 1. The summed E-state index contributed by atoms with van der Waals surface area (Å²) >= 11 is 6.09. The minimum absolute atomic E-state index is 0.0660. The number of fused-ring (bicyclic) bond motifs is 1. The van der Waals surface area contributed by atoms with Gasteiger partial charge in [-0.3, -0.25) is 0 Å². The molecular weight excluding hydrogens is 253 g/mol. The summed E-state index contributed by atoms with van der Waals surface area (Å²) < 4.78 is 19.0. The lowest BCUT2D eigenvalue weighted by Crippen LogP contribution is -2.32. The van der Waals surface area contributed by atoms with Crippen LogP contribution in [-0.4, -0.2) is 19.2 Å². The highest BCUT2D eigenvalue weighted by molar-refractivity contribution is 6.31. The average molecular weight is 270 g/mol. The van der Waals surface area contributed by atoms with E-state index in [2.05, 4.69) is 5.32 Å². The standard InChI is InChI=1S/C14H17ClFNO/c15-12-6-10(16)4-5-11(12)14-7-17-13-3-1-2-9(13)8-18-14/h4-6,9,13-14,17H,1-3,7-8H2. The predicted octanol–water partition coefficient (Wildman–Crippen LogP) is 3.31. The van der Waals surface area contributed by atoms with Crippen molar-refractivity contribution in [1.29, 1.82) is 0 Å². The summed E-state index contributed by atoms with van der Waals surface area (Å²) in [5.74, 6) is 0.316. The Morgan fingerprint density at radius 3 is 3.06 bits per heavy atom. The van der Waals surface area contributed by atoms with Crippen LogP contribution < -0.4 is 5.32 Å². The van der Waals surface area contributed by atoms with Crippen LogP contribution in [0.25, 0.3) is 0 Å². The Labute approximate surface area is 111 Å². The molecule has 1 heterocycles. The Balaban J connectivity index is 1.76. The van der Waals surface area contributed by atoms with Gasteiger partial charge in [-0.05, 0) is 30.9 Å².